The van der Waals surface area contributed by atoms with E-state index in [0.717, 1.165) is 19.4 Å². The molecular formula is C7H17N3O. The summed E-state index contributed by atoms with van der Waals surface area (Å²) < 4.78 is 0. The Morgan fingerprint density at radius 2 is 2.18 bits per heavy atom. The second-order valence-corrected chi connectivity index (χ2v) is 2.61. The van der Waals surface area contributed by atoms with Crippen molar-refractivity contribution in [1.29, 1.82) is 0 Å². The second kappa shape index (κ2) is 6.12. The lowest BCUT2D eigenvalue weighted by Gasteiger charge is -2.05. The maximum absolute atomic E-state index is 10.4. The summed E-state index contributed by atoms with van der Waals surface area (Å²) in [6.45, 7) is 0.964. The summed E-state index contributed by atoms with van der Waals surface area (Å²) in [6.07, 6.45) is 2.68. The van der Waals surface area contributed by atoms with E-state index in [1.54, 1.807) is 0 Å². The summed E-state index contributed by atoms with van der Waals surface area (Å²) in [7, 11) is 1.90. The lowest BCUT2D eigenvalue weighted by Crippen LogP contribution is -2.36. The van der Waals surface area contributed by atoms with Gasteiger partial charge in [-0.15, -0.1) is 0 Å². The van der Waals surface area contributed by atoms with Gasteiger partial charge in [0.1, 0.15) is 0 Å². The molecule has 66 valence electrons. The number of nitrogens with one attached hydrogen (secondary N) is 1. The zero-order valence-electron chi connectivity index (χ0n) is 6.97. The van der Waals surface area contributed by atoms with Crippen molar-refractivity contribution >= 4 is 5.91 Å². The van der Waals surface area contributed by atoms with Crippen molar-refractivity contribution in [2.45, 2.75) is 25.3 Å². The monoisotopic (exact) mass is 159 g/mol. The molecular weight excluding hydrogens is 142 g/mol. The molecule has 1 atom stereocenters. The number of hydrogen-bond donors (Lipinski definition) is 3. The Morgan fingerprint density at radius 3 is 2.64 bits per heavy atom. The molecule has 0 rings (SSSR count). The number of amides is 1. The fourth-order valence-electron chi connectivity index (χ4n) is 0.808. The Hall–Kier alpha value is -0.610. The molecule has 4 nitrogen and oxygen atoms in total. The molecule has 0 aliphatic rings. The molecule has 1 amide bonds. The topological polar surface area (TPSA) is 81.1 Å². The molecule has 11 heavy (non-hydrogen) atoms. The number of rotatable bonds is 6. The van der Waals surface area contributed by atoms with Gasteiger partial charge in [0.2, 0.25) is 5.91 Å². The van der Waals surface area contributed by atoms with Crippen LogP contribution in [0.2, 0.25) is 0 Å². The minimum atomic E-state index is -0.466. The van der Waals surface area contributed by atoms with E-state index in [2.05, 4.69) is 5.32 Å². The molecule has 0 aromatic heterocycles. The smallest absolute Gasteiger partial charge is 0.234 e. The van der Waals surface area contributed by atoms with Gasteiger partial charge in [0.05, 0.1) is 6.04 Å². The summed E-state index contributed by atoms with van der Waals surface area (Å²) >= 11 is 0. The third-order valence-electron chi connectivity index (χ3n) is 1.56. The lowest BCUT2D eigenvalue weighted by atomic mass is 10.1. The van der Waals surface area contributed by atoms with E-state index in [1.807, 2.05) is 7.05 Å². The second-order valence-electron chi connectivity index (χ2n) is 2.61. The highest BCUT2D eigenvalue weighted by molar-refractivity contribution is 5.79. The Bertz CT molecular complexity index is 116. The molecule has 0 heterocycles. The van der Waals surface area contributed by atoms with Crippen LogP contribution in [0.1, 0.15) is 19.3 Å². The molecule has 0 radical (unpaired) electrons. The average molecular weight is 159 g/mol. The van der Waals surface area contributed by atoms with Crippen LogP contribution < -0.4 is 16.8 Å². The predicted octanol–water partition coefficient (Wildman–Crippen LogP) is -0.811. The average Bonchev–Trinajstić information content (AvgIpc) is 1.97. The van der Waals surface area contributed by atoms with Crippen molar-refractivity contribution in [2.24, 2.45) is 11.5 Å². The normalized spacial score (nSPS) is 12.9. The first kappa shape index (κ1) is 10.4. The first-order valence-electron chi connectivity index (χ1n) is 3.88. The molecule has 0 spiro atoms. The van der Waals surface area contributed by atoms with E-state index < -0.39 is 11.9 Å². The van der Waals surface area contributed by atoms with E-state index in [1.165, 1.54) is 0 Å². The number of hydrogen-bond acceptors (Lipinski definition) is 3. The van der Waals surface area contributed by atoms with Gasteiger partial charge in [-0.1, -0.05) is 6.42 Å². The van der Waals surface area contributed by atoms with E-state index >= 15 is 0 Å². The SMILES string of the molecule is CNCCCC[C@H](N)C(N)=O. The third kappa shape index (κ3) is 5.82. The Morgan fingerprint density at radius 1 is 1.55 bits per heavy atom. The number of carbonyl (C=O) groups excluding carboxylic acids is 1. The van der Waals surface area contributed by atoms with Gasteiger partial charge in [-0.25, -0.2) is 0 Å². The highest BCUT2D eigenvalue weighted by Gasteiger charge is 2.06. The summed E-state index contributed by atoms with van der Waals surface area (Å²) in [5, 5.41) is 3.01. The van der Waals surface area contributed by atoms with Crippen molar-refractivity contribution in [3.63, 3.8) is 0 Å². The molecule has 0 bridgehead atoms. The minimum Gasteiger partial charge on any atom is -0.368 e. The van der Waals surface area contributed by atoms with Gasteiger partial charge in [0, 0.05) is 0 Å². The summed E-state index contributed by atoms with van der Waals surface area (Å²) in [4.78, 5) is 10.4. The van der Waals surface area contributed by atoms with Gasteiger partial charge in [-0.2, -0.15) is 0 Å². The van der Waals surface area contributed by atoms with Crippen LogP contribution in [0.3, 0.4) is 0 Å². The Labute approximate surface area is 67.3 Å². The highest BCUT2D eigenvalue weighted by atomic mass is 16.1. The molecule has 0 aliphatic heterocycles. The van der Waals surface area contributed by atoms with Crippen LogP contribution in [-0.2, 0) is 4.79 Å². The standard InChI is InChI=1S/C7H17N3O/c1-10-5-3-2-4-6(8)7(9)11/h6,10H,2-5,8H2,1H3,(H2,9,11)/t6-/m0/s1. The van der Waals surface area contributed by atoms with Crippen LogP contribution in [0.15, 0.2) is 0 Å². The molecule has 0 aromatic carbocycles. The van der Waals surface area contributed by atoms with Gasteiger partial charge >= 0.3 is 0 Å². The Kier molecular flexibility index (Phi) is 5.78. The van der Waals surface area contributed by atoms with Crippen LogP contribution in [0, 0.1) is 0 Å². The number of unbranched alkanes of at least 4 members (excludes halogenated alkanes) is 1. The van der Waals surface area contributed by atoms with E-state index in [-0.39, 0.29) is 0 Å². The molecule has 4 heteroatoms. The molecule has 0 fully saturated rings. The van der Waals surface area contributed by atoms with Crippen molar-refractivity contribution < 1.29 is 4.79 Å². The highest BCUT2D eigenvalue weighted by Crippen LogP contribution is 1.96. The van der Waals surface area contributed by atoms with Crippen LogP contribution in [0.4, 0.5) is 0 Å². The van der Waals surface area contributed by atoms with Crippen LogP contribution in [-0.4, -0.2) is 25.5 Å². The lowest BCUT2D eigenvalue weighted by molar-refractivity contribution is -0.119. The summed E-state index contributed by atoms with van der Waals surface area (Å²) in [5.41, 5.74) is 10.4. The minimum absolute atomic E-state index is 0.408. The maximum Gasteiger partial charge on any atom is 0.234 e. The summed E-state index contributed by atoms with van der Waals surface area (Å²) in [6, 6.07) is -0.466. The maximum atomic E-state index is 10.4. The predicted molar refractivity (Wildman–Crippen MR) is 44.9 cm³/mol. The van der Waals surface area contributed by atoms with Crippen molar-refractivity contribution in [3.05, 3.63) is 0 Å². The Balaban J connectivity index is 3.17. The van der Waals surface area contributed by atoms with Crippen molar-refractivity contribution in [3.8, 4) is 0 Å². The zero-order valence-corrected chi connectivity index (χ0v) is 6.97. The van der Waals surface area contributed by atoms with Crippen molar-refractivity contribution in [2.75, 3.05) is 13.6 Å². The first-order valence-corrected chi connectivity index (χ1v) is 3.88. The van der Waals surface area contributed by atoms with Gasteiger partial charge in [-0.3, -0.25) is 4.79 Å². The molecule has 0 aliphatic carbocycles. The van der Waals surface area contributed by atoms with Crippen LogP contribution in [0.5, 0.6) is 0 Å². The fourth-order valence-corrected chi connectivity index (χ4v) is 0.808. The van der Waals surface area contributed by atoms with E-state index in [4.69, 9.17) is 11.5 Å². The van der Waals surface area contributed by atoms with Crippen LogP contribution >= 0.6 is 0 Å². The third-order valence-corrected chi connectivity index (χ3v) is 1.56. The van der Waals surface area contributed by atoms with Gasteiger partial charge in [0.15, 0.2) is 0 Å². The van der Waals surface area contributed by atoms with E-state index in [0.29, 0.717) is 6.42 Å². The molecule has 0 saturated carbocycles. The van der Waals surface area contributed by atoms with Crippen molar-refractivity contribution in [1.82, 2.24) is 5.32 Å². The quantitative estimate of drug-likeness (QED) is 0.443. The zero-order chi connectivity index (χ0) is 8.69. The molecule has 0 aromatic rings. The van der Waals surface area contributed by atoms with E-state index in [9.17, 15) is 4.79 Å². The van der Waals surface area contributed by atoms with Gasteiger partial charge in [0.25, 0.3) is 0 Å². The number of carbonyl (C=O) groups is 1. The van der Waals surface area contributed by atoms with Crippen LogP contribution in [0.25, 0.3) is 0 Å². The molecule has 0 unspecified atom stereocenters. The van der Waals surface area contributed by atoms with Gasteiger partial charge in [-0.05, 0) is 26.4 Å². The number of nitrogens with two attached hydrogens (primary N) is 2. The molecule has 0 saturated heterocycles. The summed E-state index contributed by atoms with van der Waals surface area (Å²) in [5.74, 6) is -0.408. The van der Waals surface area contributed by atoms with Gasteiger partial charge < -0.3 is 16.8 Å². The first-order chi connectivity index (χ1) is 5.18. The largest absolute Gasteiger partial charge is 0.368 e. The molecule has 5 N–H and O–H groups in total. The number of primary amides is 1. The fraction of sp³-hybridized carbons (Fsp3) is 0.857.